The molecule has 0 spiro atoms. The Labute approximate surface area is 87.7 Å². The number of halogens is 2. The number of ketones is 1. The van der Waals surface area contributed by atoms with Crippen molar-refractivity contribution < 1.29 is 4.79 Å². The number of carbonyl (C=O) groups excluding carboxylic acids is 1. The number of rotatable bonds is 2. The van der Waals surface area contributed by atoms with Crippen LogP contribution in [0.4, 0.5) is 0 Å². The first-order valence-corrected chi connectivity index (χ1v) is 4.74. The van der Waals surface area contributed by atoms with Crippen LogP contribution in [0.15, 0.2) is 18.2 Å². The number of benzene rings is 1. The Balaban J connectivity index is 3.03. The molecular weight excluding hydrogens is 207 g/mol. The largest absolute Gasteiger partial charge is 0.298 e. The molecule has 3 heteroatoms. The number of aryl methyl sites for hydroxylation is 1. The van der Waals surface area contributed by atoms with Crippen molar-refractivity contribution in [2.45, 2.75) is 19.2 Å². The van der Waals surface area contributed by atoms with Crippen LogP contribution in [-0.2, 0) is 4.79 Å². The van der Waals surface area contributed by atoms with E-state index in [4.69, 9.17) is 23.2 Å². The summed E-state index contributed by atoms with van der Waals surface area (Å²) in [7, 11) is 0. The van der Waals surface area contributed by atoms with Gasteiger partial charge in [-0.05, 0) is 31.0 Å². The number of hydrogen-bond donors (Lipinski definition) is 0. The van der Waals surface area contributed by atoms with Crippen LogP contribution in [-0.4, -0.2) is 5.78 Å². The summed E-state index contributed by atoms with van der Waals surface area (Å²) >= 11 is 11.7. The first-order chi connectivity index (χ1) is 6.02. The topological polar surface area (TPSA) is 17.1 Å². The van der Waals surface area contributed by atoms with E-state index < -0.39 is 5.38 Å². The van der Waals surface area contributed by atoms with Gasteiger partial charge >= 0.3 is 0 Å². The smallest absolute Gasteiger partial charge is 0.152 e. The Morgan fingerprint density at radius 2 is 2.08 bits per heavy atom. The van der Waals surface area contributed by atoms with Gasteiger partial charge in [-0.3, -0.25) is 4.79 Å². The van der Waals surface area contributed by atoms with Gasteiger partial charge in [0.1, 0.15) is 5.38 Å². The fourth-order valence-corrected chi connectivity index (χ4v) is 1.33. The Kier molecular flexibility index (Phi) is 3.34. The van der Waals surface area contributed by atoms with Gasteiger partial charge in [-0.1, -0.05) is 23.7 Å². The average Bonchev–Trinajstić information content (AvgIpc) is 2.08. The van der Waals surface area contributed by atoms with Crippen LogP contribution in [0.5, 0.6) is 0 Å². The van der Waals surface area contributed by atoms with E-state index >= 15 is 0 Å². The third-order valence-corrected chi connectivity index (χ3v) is 2.81. The summed E-state index contributed by atoms with van der Waals surface area (Å²) in [5.41, 5.74) is 1.74. The highest BCUT2D eigenvalue weighted by Crippen LogP contribution is 2.25. The Morgan fingerprint density at radius 3 is 2.54 bits per heavy atom. The van der Waals surface area contributed by atoms with Crippen LogP contribution in [0.3, 0.4) is 0 Å². The first-order valence-electron chi connectivity index (χ1n) is 3.93. The molecule has 1 aromatic rings. The molecule has 0 N–H and O–H groups in total. The van der Waals surface area contributed by atoms with E-state index in [0.717, 1.165) is 11.1 Å². The molecule has 0 amide bonds. The second-order valence-electron chi connectivity index (χ2n) is 2.98. The zero-order valence-electron chi connectivity index (χ0n) is 7.47. The average molecular weight is 217 g/mol. The minimum atomic E-state index is -0.585. The summed E-state index contributed by atoms with van der Waals surface area (Å²) in [6, 6.07) is 5.41. The molecule has 0 heterocycles. The van der Waals surface area contributed by atoms with Gasteiger partial charge in [-0.15, -0.1) is 11.6 Å². The second-order valence-corrected chi connectivity index (χ2v) is 3.83. The van der Waals surface area contributed by atoms with E-state index in [0.29, 0.717) is 5.02 Å². The van der Waals surface area contributed by atoms with Crippen molar-refractivity contribution in [2.75, 3.05) is 0 Å². The lowest BCUT2D eigenvalue weighted by atomic mass is 10.1. The van der Waals surface area contributed by atoms with Crippen LogP contribution in [0.1, 0.15) is 23.4 Å². The van der Waals surface area contributed by atoms with Gasteiger partial charge < -0.3 is 0 Å². The van der Waals surface area contributed by atoms with Crippen molar-refractivity contribution in [3.63, 3.8) is 0 Å². The lowest BCUT2D eigenvalue weighted by Gasteiger charge is -2.07. The van der Waals surface area contributed by atoms with E-state index in [-0.39, 0.29) is 5.78 Å². The van der Waals surface area contributed by atoms with Crippen LogP contribution < -0.4 is 0 Å². The summed E-state index contributed by atoms with van der Waals surface area (Å²) in [5.74, 6) is -0.0680. The molecule has 0 fully saturated rings. The predicted molar refractivity (Wildman–Crippen MR) is 55.5 cm³/mol. The van der Waals surface area contributed by atoms with Gasteiger partial charge in [-0.25, -0.2) is 0 Å². The van der Waals surface area contributed by atoms with E-state index in [1.54, 1.807) is 6.07 Å². The number of alkyl halides is 1. The lowest BCUT2D eigenvalue weighted by molar-refractivity contribution is -0.116. The minimum absolute atomic E-state index is 0.0680. The fourth-order valence-electron chi connectivity index (χ4n) is 1.00. The van der Waals surface area contributed by atoms with Gasteiger partial charge in [0.05, 0.1) is 0 Å². The van der Waals surface area contributed by atoms with Crippen molar-refractivity contribution in [1.82, 2.24) is 0 Å². The highest BCUT2D eigenvalue weighted by molar-refractivity contribution is 6.33. The quantitative estimate of drug-likeness (QED) is 0.692. The molecule has 1 unspecified atom stereocenters. The van der Waals surface area contributed by atoms with Crippen molar-refractivity contribution in [3.8, 4) is 0 Å². The minimum Gasteiger partial charge on any atom is -0.298 e. The molecule has 0 saturated heterocycles. The van der Waals surface area contributed by atoms with Crippen molar-refractivity contribution in [3.05, 3.63) is 34.3 Å². The van der Waals surface area contributed by atoms with Crippen LogP contribution in [0, 0.1) is 6.92 Å². The molecule has 0 bridgehead atoms. The maximum atomic E-state index is 11.0. The van der Waals surface area contributed by atoms with Gasteiger partial charge in [0.15, 0.2) is 5.78 Å². The molecule has 0 aliphatic heterocycles. The molecule has 0 aliphatic rings. The third kappa shape index (κ3) is 2.45. The Morgan fingerprint density at radius 1 is 1.46 bits per heavy atom. The summed E-state index contributed by atoms with van der Waals surface area (Å²) in [5, 5.41) is 0.0579. The zero-order valence-corrected chi connectivity index (χ0v) is 8.99. The molecule has 70 valence electrons. The SMILES string of the molecule is CC(=O)C(Cl)c1ccc(C)c(Cl)c1. The lowest BCUT2D eigenvalue weighted by Crippen LogP contribution is -2.01. The third-order valence-electron chi connectivity index (χ3n) is 1.85. The normalized spacial score (nSPS) is 12.6. The van der Waals surface area contributed by atoms with Crippen LogP contribution >= 0.6 is 23.2 Å². The molecular formula is C10H10Cl2O. The molecule has 0 saturated carbocycles. The molecule has 1 rings (SSSR count). The maximum absolute atomic E-state index is 11.0. The fraction of sp³-hybridized carbons (Fsp3) is 0.300. The Hall–Kier alpha value is -0.530. The van der Waals surface area contributed by atoms with Crippen LogP contribution in [0.25, 0.3) is 0 Å². The summed E-state index contributed by atoms with van der Waals surface area (Å²) in [6.45, 7) is 3.37. The molecule has 1 aromatic carbocycles. The summed E-state index contributed by atoms with van der Waals surface area (Å²) in [6.07, 6.45) is 0. The van der Waals surface area contributed by atoms with Gasteiger partial charge in [0.25, 0.3) is 0 Å². The maximum Gasteiger partial charge on any atom is 0.152 e. The van der Waals surface area contributed by atoms with Gasteiger partial charge in [0.2, 0.25) is 0 Å². The van der Waals surface area contributed by atoms with Crippen molar-refractivity contribution in [1.29, 1.82) is 0 Å². The predicted octanol–water partition coefficient (Wildman–Crippen LogP) is 3.52. The van der Waals surface area contributed by atoms with E-state index in [2.05, 4.69) is 0 Å². The molecule has 0 aromatic heterocycles. The first kappa shape index (κ1) is 10.6. The standard InChI is InChI=1S/C10H10Cl2O/c1-6-3-4-8(5-9(6)11)10(12)7(2)13/h3-5,10H,1-2H3. The number of carbonyl (C=O) groups is 1. The molecule has 1 nitrogen and oxygen atoms in total. The van der Waals surface area contributed by atoms with Gasteiger partial charge in [-0.2, -0.15) is 0 Å². The Bertz CT molecular complexity index is 334. The van der Waals surface area contributed by atoms with Gasteiger partial charge in [0, 0.05) is 5.02 Å². The van der Waals surface area contributed by atoms with E-state index in [1.807, 2.05) is 19.1 Å². The molecule has 1 atom stereocenters. The van der Waals surface area contributed by atoms with E-state index in [1.165, 1.54) is 6.92 Å². The monoisotopic (exact) mass is 216 g/mol. The van der Waals surface area contributed by atoms with Crippen LogP contribution in [0.2, 0.25) is 5.02 Å². The zero-order chi connectivity index (χ0) is 10.0. The summed E-state index contributed by atoms with van der Waals surface area (Å²) < 4.78 is 0. The molecule has 13 heavy (non-hydrogen) atoms. The summed E-state index contributed by atoms with van der Waals surface area (Å²) in [4.78, 5) is 11.0. The molecule has 0 radical (unpaired) electrons. The van der Waals surface area contributed by atoms with Crippen molar-refractivity contribution in [2.24, 2.45) is 0 Å². The van der Waals surface area contributed by atoms with Crippen molar-refractivity contribution >= 4 is 29.0 Å². The second kappa shape index (κ2) is 4.12. The highest BCUT2D eigenvalue weighted by atomic mass is 35.5. The highest BCUT2D eigenvalue weighted by Gasteiger charge is 2.13. The van der Waals surface area contributed by atoms with E-state index in [9.17, 15) is 4.79 Å². The number of hydrogen-bond acceptors (Lipinski definition) is 1. The molecule has 0 aliphatic carbocycles. The number of Topliss-reactive ketones (excluding diaryl/α,β-unsaturated/α-hetero) is 1.